The maximum atomic E-state index is 7.03. The van der Waals surface area contributed by atoms with Crippen LogP contribution in [0.5, 0.6) is 5.75 Å². The van der Waals surface area contributed by atoms with Gasteiger partial charge < -0.3 is 14.5 Å². The van der Waals surface area contributed by atoms with E-state index in [0.717, 1.165) is 55.8 Å². The number of ether oxygens (including phenoxy) is 1. The SMILES string of the molecule is C=C/C=C(\CCN(C1=CCC2C(=C1)C1(C3=CC=CCC3c3ccccc31)c1cc(N(c3ccccc3)c3ccc(C(C)(C)C)cc3)c(C3C=CC=CC3)c(OC)c12)C1C=CC=CC1)C(C)(C)C. The average molecular weight is 881 g/mol. The van der Waals surface area contributed by atoms with Crippen molar-refractivity contribution in [2.45, 2.75) is 108 Å². The van der Waals surface area contributed by atoms with E-state index in [1.165, 1.54) is 61.5 Å². The zero-order valence-corrected chi connectivity index (χ0v) is 40.8. The van der Waals surface area contributed by atoms with Crippen LogP contribution in [0.3, 0.4) is 0 Å². The third-order valence-corrected chi connectivity index (χ3v) is 15.5. The molecule has 0 heterocycles. The van der Waals surface area contributed by atoms with Crippen LogP contribution in [-0.4, -0.2) is 24.6 Å². The van der Waals surface area contributed by atoms with Gasteiger partial charge in [0.1, 0.15) is 5.75 Å². The van der Waals surface area contributed by atoms with Crippen LogP contribution in [-0.2, 0) is 10.8 Å². The fraction of sp³-hybridized carbons (Fsp3) is 0.312. The quantitative estimate of drug-likeness (QED) is 0.140. The minimum atomic E-state index is -0.486. The molecule has 0 saturated heterocycles. The topological polar surface area (TPSA) is 15.7 Å². The molecule has 340 valence electrons. The van der Waals surface area contributed by atoms with E-state index in [2.05, 4.69) is 228 Å². The van der Waals surface area contributed by atoms with Crippen molar-refractivity contribution < 1.29 is 4.74 Å². The molecule has 0 N–H and O–H groups in total. The van der Waals surface area contributed by atoms with Crippen LogP contribution in [0, 0.1) is 5.41 Å². The molecule has 3 heteroatoms. The zero-order chi connectivity index (χ0) is 46.5. The van der Waals surface area contributed by atoms with Crippen molar-refractivity contribution in [2.75, 3.05) is 18.6 Å². The second kappa shape index (κ2) is 17.7. The normalized spacial score (nSPS) is 23.5. The number of nitrogens with zero attached hydrogens (tertiary/aromatic N) is 2. The number of anilines is 3. The summed E-state index contributed by atoms with van der Waals surface area (Å²) in [6.45, 7) is 18.9. The van der Waals surface area contributed by atoms with Gasteiger partial charge in [-0.05, 0) is 113 Å². The van der Waals surface area contributed by atoms with Crippen LogP contribution in [0.25, 0.3) is 0 Å². The Morgan fingerprint density at radius 2 is 1.45 bits per heavy atom. The first-order chi connectivity index (χ1) is 32.4. The number of hydrogen-bond donors (Lipinski definition) is 0. The molecule has 5 unspecified atom stereocenters. The predicted octanol–water partition coefficient (Wildman–Crippen LogP) is 16.4. The predicted molar refractivity (Wildman–Crippen MR) is 283 cm³/mol. The first-order valence-electron chi connectivity index (χ1n) is 24.8. The van der Waals surface area contributed by atoms with Gasteiger partial charge in [-0.25, -0.2) is 0 Å². The molecule has 4 aromatic rings. The van der Waals surface area contributed by atoms with Crippen LogP contribution < -0.4 is 9.64 Å². The van der Waals surface area contributed by atoms with Gasteiger partial charge in [0.2, 0.25) is 0 Å². The molecule has 0 amide bonds. The minimum absolute atomic E-state index is 0.0336. The highest BCUT2D eigenvalue weighted by molar-refractivity contribution is 5.87. The smallest absolute Gasteiger partial charge is 0.128 e. The first-order valence-corrected chi connectivity index (χ1v) is 24.8. The summed E-state index contributed by atoms with van der Waals surface area (Å²) >= 11 is 0. The van der Waals surface area contributed by atoms with Gasteiger partial charge in [0, 0.05) is 52.5 Å². The molecule has 3 nitrogen and oxygen atoms in total. The Balaban J connectivity index is 1.25. The second-order valence-electron chi connectivity index (χ2n) is 21.4. The first kappa shape index (κ1) is 44.5. The van der Waals surface area contributed by atoms with Crippen molar-refractivity contribution in [3.05, 3.63) is 238 Å². The molecule has 0 aromatic heterocycles. The summed E-state index contributed by atoms with van der Waals surface area (Å²) in [5.74, 6) is 1.58. The number of rotatable bonds is 11. The Bertz CT molecular complexity index is 2840. The molecule has 0 saturated carbocycles. The Morgan fingerprint density at radius 1 is 0.731 bits per heavy atom. The van der Waals surface area contributed by atoms with Gasteiger partial charge in [-0.2, -0.15) is 0 Å². The lowest BCUT2D eigenvalue weighted by Crippen LogP contribution is -2.36. The zero-order valence-electron chi connectivity index (χ0n) is 40.8. The molecule has 4 aromatic carbocycles. The lowest BCUT2D eigenvalue weighted by molar-refractivity contribution is 0.292. The molecule has 0 bridgehead atoms. The summed E-state index contributed by atoms with van der Waals surface area (Å²) in [5.41, 5.74) is 16.9. The van der Waals surface area contributed by atoms with Crippen molar-refractivity contribution in [1.82, 2.24) is 4.90 Å². The number of allylic oxidation sites excluding steroid dienone is 15. The summed E-state index contributed by atoms with van der Waals surface area (Å²) in [5, 5.41) is 0. The van der Waals surface area contributed by atoms with Gasteiger partial charge in [-0.1, -0.05) is 193 Å². The highest BCUT2D eigenvalue weighted by Crippen LogP contribution is 2.70. The van der Waals surface area contributed by atoms with Crippen molar-refractivity contribution in [3.63, 3.8) is 0 Å². The summed E-state index contributed by atoms with van der Waals surface area (Å²) < 4.78 is 7.03. The van der Waals surface area contributed by atoms with E-state index in [-0.39, 0.29) is 28.7 Å². The summed E-state index contributed by atoms with van der Waals surface area (Å²) in [7, 11) is 1.93. The average Bonchev–Trinajstić information content (AvgIpc) is 3.81. The molecule has 6 aliphatic rings. The number of fused-ring (bicyclic) bond motifs is 10. The largest absolute Gasteiger partial charge is 0.496 e. The van der Waals surface area contributed by atoms with Crippen molar-refractivity contribution >= 4 is 17.1 Å². The molecule has 0 radical (unpaired) electrons. The van der Waals surface area contributed by atoms with Crippen LogP contribution in [0.4, 0.5) is 17.1 Å². The highest BCUT2D eigenvalue weighted by Gasteiger charge is 2.59. The minimum Gasteiger partial charge on any atom is -0.496 e. The molecule has 6 aliphatic carbocycles. The van der Waals surface area contributed by atoms with E-state index >= 15 is 0 Å². The molecule has 1 spiro atoms. The van der Waals surface area contributed by atoms with Gasteiger partial charge in [0.15, 0.2) is 0 Å². The Labute approximate surface area is 401 Å². The molecule has 0 fully saturated rings. The second-order valence-corrected chi connectivity index (χ2v) is 21.4. The van der Waals surface area contributed by atoms with Gasteiger partial charge in [0.05, 0.1) is 24.3 Å². The number of benzene rings is 4. The molecule has 5 atom stereocenters. The van der Waals surface area contributed by atoms with Gasteiger partial charge >= 0.3 is 0 Å². The summed E-state index contributed by atoms with van der Waals surface area (Å²) in [6, 6.07) is 32.6. The molecular weight excluding hydrogens is 813 g/mol. The summed E-state index contributed by atoms with van der Waals surface area (Å²) in [6.07, 6.45) is 39.7. The maximum absolute atomic E-state index is 7.03. The highest BCUT2D eigenvalue weighted by atomic mass is 16.5. The van der Waals surface area contributed by atoms with E-state index in [4.69, 9.17) is 4.74 Å². The van der Waals surface area contributed by atoms with Crippen LogP contribution in [0.2, 0.25) is 0 Å². The number of methoxy groups -OCH3 is 1. The van der Waals surface area contributed by atoms with E-state index < -0.39 is 5.41 Å². The Morgan fingerprint density at radius 3 is 2.13 bits per heavy atom. The van der Waals surface area contributed by atoms with E-state index in [0.29, 0.717) is 5.92 Å². The van der Waals surface area contributed by atoms with Crippen LogP contribution in [0.1, 0.15) is 125 Å². The third-order valence-electron chi connectivity index (χ3n) is 15.5. The van der Waals surface area contributed by atoms with E-state index in [9.17, 15) is 0 Å². The molecule has 0 aliphatic heterocycles. The third kappa shape index (κ3) is 7.69. The number of para-hydroxylation sites is 1. The van der Waals surface area contributed by atoms with Gasteiger partial charge in [0.25, 0.3) is 0 Å². The van der Waals surface area contributed by atoms with Crippen molar-refractivity contribution in [3.8, 4) is 5.75 Å². The maximum Gasteiger partial charge on any atom is 0.128 e. The van der Waals surface area contributed by atoms with Crippen LogP contribution >= 0.6 is 0 Å². The molecule has 10 rings (SSSR count). The van der Waals surface area contributed by atoms with Crippen molar-refractivity contribution in [1.29, 1.82) is 0 Å². The standard InChI is InChI=1S/C64H68N2O/c1-9-23-45(62(2,3)4)40-41-65(47-26-15-11-16-27-47)50-38-39-53-56(42-50)64(54-32-21-19-30-51(54)52-31-20-22-33-55(52)64)57-43-58(59(61(67-8)60(53)57)44-24-13-10-14-25-44)66(48-28-17-12-18-29-48)49-36-34-46(35-37-49)63(5,6)7/h9-24,26,28-30,32-38,42-44,47,52-53H,1,25,27,31,39-41H2,2-8H3/b45-23+. The van der Waals surface area contributed by atoms with Gasteiger partial charge in [-0.15, -0.1) is 0 Å². The van der Waals surface area contributed by atoms with E-state index in [1.807, 2.05) is 13.2 Å². The number of hydrogen-bond acceptors (Lipinski definition) is 3. The fourth-order valence-corrected chi connectivity index (χ4v) is 12.3. The van der Waals surface area contributed by atoms with E-state index in [1.54, 1.807) is 0 Å². The Kier molecular flexibility index (Phi) is 11.8. The molecule has 67 heavy (non-hydrogen) atoms. The van der Waals surface area contributed by atoms with Crippen molar-refractivity contribution in [2.24, 2.45) is 5.41 Å². The monoisotopic (exact) mass is 881 g/mol. The lowest BCUT2D eigenvalue weighted by atomic mass is 9.67. The fourth-order valence-electron chi connectivity index (χ4n) is 12.3. The summed E-state index contributed by atoms with van der Waals surface area (Å²) in [4.78, 5) is 5.23. The lowest BCUT2D eigenvalue weighted by Gasteiger charge is -2.39. The molecular formula is C64H68N2O. The Hall–Kier alpha value is -6.32. The van der Waals surface area contributed by atoms with Gasteiger partial charge in [-0.3, -0.25) is 0 Å². The van der Waals surface area contributed by atoms with Crippen LogP contribution in [0.15, 0.2) is 205 Å².